The van der Waals surface area contributed by atoms with Crippen LogP contribution in [0.25, 0.3) is 0 Å². The topological polar surface area (TPSA) is 29.5 Å². The Bertz CT molecular complexity index is 283. The van der Waals surface area contributed by atoms with E-state index in [-0.39, 0.29) is 12.2 Å². The zero-order chi connectivity index (χ0) is 13.0. The third-order valence-corrected chi connectivity index (χ3v) is 3.47. The van der Waals surface area contributed by atoms with E-state index in [1.165, 1.54) is 5.57 Å². The number of hydrogen-bond acceptors (Lipinski definition) is 2. The maximum Gasteiger partial charge on any atom is 0.127 e. The molecule has 1 fully saturated rings. The van der Waals surface area contributed by atoms with E-state index in [1.54, 1.807) is 0 Å². The molecule has 0 aromatic carbocycles. The molecule has 0 aromatic heterocycles. The summed E-state index contributed by atoms with van der Waals surface area (Å²) in [7, 11) is 0. The van der Waals surface area contributed by atoms with Crippen molar-refractivity contribution in [1.82, 2.24) is 0 Å². The van der Waals surface area contributed by atoms with Crippen LogP contribution in [-0.4, -0.2) is 17.3 Å². The Hall–Kier alpha value is -0.760. The fourth-order valence-corrected chi connectivity index (χ4v) is 2.73. The van der Waals surface area contributed by atoms with E-state index in [1.807, 2.05) is 6.92 Å². The van der Waals surface area contributed by atoms with E-state index in [4.69, 9.17) is 4.74 Å². The van der Waals surface area contributed by atoms with Crippen molar-refractivity contribution in [3.8, 4) is 0 Å². The summed E-state index contributed by atoms with van der Waals surface area (Å²) in [4.78, 5) is 0. The summed E-state index contributed by atoms with van der Waals surface area (Å²) in [6.07, 6.45) is 3.59. The first kappa shape index (κ1) is 14.3. The van der Waals surface area contributed by atoms with Crippen LogP contribution in [0.5, 0.6) is 0 Å². The van der Waals surface area contributed by atoms with Crippen molar-refractivity contribution < 1.29 is 9.84 Å². The van der Waals surface area contributed by atoms with E-state index in [0.717, 1.165) is 25.7 Å². The van der Waals surface area contributed by atoms with Crippen molar-refractivity contribution in [2.24, 2.45) is 11.8 Å². The molecule has 1 N–H and O–H groups in total. The van der Waals surface area contributed by atoms with Gasteiger partial charge in [-0.25, -0.2) is 0 Å². The van der Waals surface area contributed by atoms with E-state index in [0.29, 0.717) is 17.6 Å². The van der Waals surface area contributed by atoms with Crippen molar-refractivity contribution >= 4 is 0 Å². The zero-order valence-corrected chi connectivity index (χ0v) is 11.4. The Morgan fingerprint density at radius 2 is 1.94 bits per heavy atom. The molecule has 17 heavy (non-hydrogen) atoms. The SMILES string of the molecule is C=C(C)CCC1CC(C)CC(O)C1OC(=C)C. The van der Waals surface area contributed by atoms with Crippen molar-refractivity contribution in [3.63, 3.8) is 0 Å². The minimum absolute atomic E-state index is 0.0805. The predicted molar refractivity (Wildman–Crippen MR) is 71.6 cm³/mol. The first-order chi connectivity index (χ1) is 7.90. The molecule has 1 saturated carbocycles. The molecule has 0 saturated heterocycles. The first-order valence-corrected chi connectivity index (χ1v) is 6.54. The molecule has 1 rings (SSSR count). The highest BCUT2D eigenvalue weighted by Crippen LogP contribution is 2.35. The lowest BCUT2D eigenvalue weighted by atomic mass is 9.76. The zero-order valence-electron chi connectivity index (χ0n) is 11.4. The summed E-state index contributed by atoms with van der Waals surface area (Å²) >= 11 is 0. The average Bonchev–Trinajstić information content (AvgIpc) is 2.18. The predicted octanol–water partition coefficient (Wildman–Crippen LogP) is 3.67. The number of aliphatic hydroxyl groups is 1. The lowest BCUT2D eigenvalue weighted by Gasteiger charge is -2.38. The number of rotatable bonds is 5. The Balaban J connectivity index is 2.64. The highest BCUT2D eigenvalue weighted by atomic mass is 16.5. The van der Waals surface area contributed by atoms with Crippen LogP contribution in [0.2, 0.25) is 0 Å². The molecule has 0 heterocycles. The van der Waals surface area contributed by atoms with E-state index >= 15 is 0 Å². The Kier molecular flexibility index (Phi) is 5.26. The van der Waals surface area contributed by atoms with Crippen LogP contribution in [0.15, 0.2) is 24.5 Å². The molecule has 2 heteroatoms. The maximum absolute atomic E-state index is 10.1. The molecule has 0 aromatic rings. The van der Waals surface area contributed by atoms with E-state index in [9.17, 15) is 5.11 Å². The molecule has 2 nitrogen and oxygen atoms in total. The summed E-state index contributed by atoms with van der Waals surface area (Å²) in [5.74, 6) is 1.69. The van der Waals surface area contributed by atoms with E-state index < -0.39 is 0 Å². The highest BCUT2D eigenvalue weighted by molar-refractivity contribution is 4.94. The van der Waals surface area contributed by atoms with E-state index in [2.05, 4.69) is 27.0 Å². The molecule has 4 atom stereocenters. The van der Waals surface area contributed by atoms with Gasteiger partial charge < -0.3 is 9.84 Å². The third kappa shape index (κ3) is 4.55. The van der Waals surface area contributed by atoms with Gasteiger partial charge in [-0.2, -0.15) is 0 Å². The van der Waals surface area contributed by atoms with Crippen LogP contribution >= 0.6 is 0 Å². The van der Waals surface area contributed by atoms with Gasteiger partial charge in [0.15, 0.2) is 0 Å². The monoisotopic (exact) mass is 238 g/mol. The number of allylic oxidation sites excluding steroid dienone is 2. The second-order valence-electron chi connectivity index (χ2n) is 5.68. The Morgan fingerprint density at radius 1 is 1.29 bits per heavy atom. The fourth-order valence-electron chi connectivity index (χ4n) is 2.73. The highest BCUT2D eigenvalue weighted by Gasteiger charge is 2.36. The van der Waals surface area contributed by atoms with Gasteiger partial charge in [-0.05, 0) is 51.4 Å². The Labute approximate surface area is 105 Å². The molecule has 0 amide bonds. The summed E-state index contributed by atoms with van der Waals surface area (Å²) < 4.78 is 5.72. The van der Waals surface area contributed by atoms with Crippen molar-refractivity contribution in [1.29, 1.82) is 0 Å². The maximum atomic E-state index is 10.1. The standard InChI is InChI=1S/C15H26O2/c1-10(2)6-7-13-8-12(5)9-14(16)15(13)17-11(3)4/h12-16H,1,3,6-9H2,2,4-5H3. The van der Waals surface area contributed by atoms with Gasteiger partial charge in [0.2, 0.25) is 0 Å². The van der Waals surface area contributed by atoms with Gasteiger partial charge in [-0.1, -0.05) is 19.1 Å². The summed E-state index contributed by atoms with van der Waals surface area (Å²) in [5.41, 5.74) is 1.20. The molecule has 0 radical (unpaired) electrons. The van der Waals surface area contributed by atoms with Crippen LogP contribution in [0.1, 0.15) is 46.5 Å². The van der Waals surface area contributed by atoms with Gasteiger partial charge in [-0.3, -0.25) is 0 Å². The summed E-state index contributed by atoms with van der Waals surface area (Å²) in [6.45, 7) is 13.8. The fraction of sp³-hybridized carbons (Fsp3) is 0.733. The van der Waals surface area contributed by atoms with Gasteiger partial charge in [0.25, 0.3) is 0 Å². The lowest BCUT2D eigenvalue weighted by Crippen LogP contribution is -2.42. The van der Waals surface area contributed by atoms with Crippen molar-refractivity contribution in [2.45, 2.75) is 58.7 Å². The van der Waals surface area contributed by atoms with Crippen LogP contribution in [0, 0.1) is 11.8 Å². The van der Waals surface area contributed by atoms with Gasteiger partial charge in [0.05, 0.1) is 11.9 Å². The molecule has 98 valence electrons. The molecule has 0 spiro atoms. The normalized spacial score (nSPS) is 33.2. The molecule has 0 aliphatic heterocycles. The van der Waals surface area contributed by atoms with Gasteiger partial charge in [0.1, 0.15) is 6.10 Å². The first-order valence-electron chi connectivity index (χ1n) is 6.54. The second-order valence-corrected chi connectivity index (χ2v) is 5.68. The number of ether oxygens (including phenoxy) is 1. The summed E-state index contributed by atoms with van der Waals surface area (Å²) in [6, 6.07) is 0. The van der Waals surface area contributed by atoms with Gasteiger partial charge >= 0.3 is 0 Å². The number of aliphatic hydroxyl groups excluding tert-OH is 1. The third-order valence-electron chi connectivity index (χ3n) is 3.47. The van der Waals surface area contributed by atoms with Gasteiger partial charge in [-0.15, -0.1) is 6.58 Å². The minimum atomic E-state index is -0.356. The van der Waals surface area contributed by atoms with Crippen LogP contribution in [0.3, 0.4) is 0 Å². The minimum Gasteiger partial charge on any atom is -0.493 e. The van der Waals surface area contributed by atoms with Crippen LogP contribution < -0.4 is 0 Å². The molecule has 1 aliphatic rings. The van der Waals surface area contributed by atoms with Crippen LogP contribution in [0.4, 0.5) is 0 Å². The average molecular weight is 238 g/mol. The summed E-state index contributed by atoms with van der Waals surface area (Å²) in [5, 5.41) is 10.1. The van der Waals surface area contributed by atoms with Crippen molar-refractivity contribution in [3.05, 3.63) is 24.5 Å². The smallest absolute Gasteiger partial charge is 0.127 e. The molecule has 1 aliphatic carbocycles. The molecule has 0 bridgehead atoms. The Morgan fingerprint density at radius 3 is 2.47 bits per heavy atom. The molecular formula is C15H26O2. The molecule has 4 unspecified atom stereocenters. The van der Waals surface area contributed by atoms with Crippen LogP contribution in [-0.2, 0) is 4.74 Å². The lowest BCUT2D eigenvalue weighted by molar-refractivity contribution is -0.0764. The second kappa shape index (κ2) is 6.25. The quantitative estimate of drug-likeness (QED) is 0.585. The largest absolute Gasteiger partial charge is 0.493 e. The van der Waals surface area contributed by atoms with Crippen molar-refractivity contribution in [2.75, 3.05) is 0 Å². The molecular weight excluding hydrogens is 212 g/mol. The number of hydrogen-bond donors (Lipinski definition) is 1. The van der Waals surface area contributed by atoms with Gasteiger partial charge in [0, 0.05) is 0 Å².